The third-order valence-corrected chi connectivity index (χ3v) is 3.12. The van der Waals surface area contributed by atoms with E-state index in [-0.39, 0.29) is 18.1 Å². The topological polar surface area (TPSA) is 55.8 Å². The Morgan fingerprint density at radius 1 is 1.71 bits per heavy atom. The molecule has 2 atom stereocenters. The minimum Gasteiger partial charge on any atom is -0.481 e. The van der Waals surface area contributed by atoms with Crippen molar-refractivity contribution < 1.29 is 19.4 Å². The van der Waals surface area contributed by atoms with Crippen molar-refractivity contribution in [2.75, 3.05) is 13.7 Å². The molecule has 1 aliphatic rings. The van der Waals surface area contributed by atoms with Crippen LogP contribution in [0.3, 0.4) is 0 Å². The average Bonchev–Trinajstić information content (AvgIpc) is 2.58. The van der Waals surface area contributed by atoms with Crippen molar-refractivity contribution in [3.05, 3.63) is 0 Å². The van der Waals surface area contributed by atoms with E-state index in [1.807, 2.05) is 0 Å². The molecule has 4 heteroatoms. The van der Waals surface area contributed by atoms with Gasteiger partial charge < -0.3 is 14.6 Å². The molecule has 0 aliphatic carbocycles. The number of carboxylic acids is 1. The zero-order valence-electron chi connectivity index (χ0n) is 8.78. The predicted molar refractivity (Wildman–Crippen MR) is 51.0 cm³/mol. The third kappa shape index (κ3) is 2.25. The van der Waals surface area contributed by atoms with Crippen LogP contribution in [0.5, 0.6) is 0 Å². The molecule has 4 nitrogen and oxygen atoms in total. The molecule has 0 bridgehead atoms. The molecule has 0 saturated carbocycles. The Balaban J connectivity index is 2.59. The van der Waals surface area contributed by atoms with Crippen molar-refractivity contribution in [1.82, 2.24) is 0 Å². The molecule has 0 amide bonds. The summed E-state index contributed by atoms with van der Waals surface area (Å²) < 4.78 is 10.7. The van der Waals surface area contributed by atoms with Crippen LogP contribution in [0.2, 0.25) is 0 Å². The van der Waals surface area contributed by atoms with Gasteiger partial charge in [0.2, 0.25) is 0 Å². The van der Waals surface area contributed by atoms with Gasteiger partial charge in [0.05, 0.1) is 6.61 Å². The maximum atomic E-state index is 10.5. The van der Waals surface area contributed by atoms with Crippen molar-refractivity contribution in [1.29, 1.82) is 0 Å². The van der Waals surface area contributed by atoms with Crippen molar-refractivity contribution in [3.8, 4) is 0 Å². The number of methoxy groups -OCH3 is 1. The monoisotopic (exact) mass is 202 g/mol. The molecular weight excluding hydrogens is 184 g/mol. The van der Waals surface area contributed by atoms with Crippen LogP contribution in [0.1, 0.15) is 32.6 Å². The van der Waals surface area contributed by atoms with E-state index in [1.165, 1.54) is 0 Å². The summed E-state index contributed by atoms with van der Waals surface area (Å²) in [5.41, 5.74) is -0.0901. The van der Waals surface area contributed by atoms with Gasteiger partial charge in [0, 0.05) is 18.9 Å². The van der Waals surface area contributed by atoms with Crippen LogP contribution in [0, 0.1) is 5.41 Å². The van der Waals surface area contributed by atoms with Crippen molar-refractivity contribution in [3.63, 3.8) is 0 Å². The second-order valence-electron chi connectivity index (χ2n) is 3.80. The molecule has 0 spiro atoms. The predicted octanol–water partition coefficient (Wildman–Crippen LogP) is 1.64. The van der Waals surface area contributed by atoms with Gasteiger partial charge >= 0.3 is 5.97 Å². The van der Waals surface area contributed by atoms with Gasteiger partial charge in [0.1, 0.15) is 0 Å². The van der Waals surface area contributed by atoms with Crippen molar-refractivity contribution in [2.24, 2.45) is 5.41 Å². The summed E-state index contributed by atoms with van der Waals surface area (Å²) in [5, 5.41) is 8.66. The third-order valence-electron chi connectivity index (χ3n) is 3.12. The molecule has 1 saturated heterocycles. The minimum atomic E-state index is -0.750. The van der Waals surface area contributed by atoms with Gasteiger partial charge in [0.25, 0.3) is 0 Å². The van der Waals surface area contributed by atoms with Gasteiger partial charge in [-0.1, -0.05) is 6.92 Å². The highest BCUT2D eigenvalue weighted by Gasteiger charge is 2.42. The van der Waals surface area contributed by atoms with Crippen LogP contribution in [-0.2, 0) is 14.3 Å². The number of carbonyl (C=O) groups is 1. The SMILES string of the molecule is CC[C@@]1(CCC(=O)O)CCO[C@H]1OC. The first-order chi connectivity index (χ1) is 6.64. The smallest absolute Gasteiger partial charge is 0.303 e. The normalized spacial score (nSPS) is 32.0. The summed E-state index contributed by atoms with van der Waals surface area (Å²) >= 11 is 0. The Morgan fingerprint density at radius 3 is 2.93 bits per heavy atom. The first-order valence-electron chi connectivity index (χ1n) is 5.01. The summed E-state index contributed by atoms with van der Waals surface area (Å²) in [6.07, 6.45) is 2.40. The van der Waals surface area contributed by atoms with Crippen LogP contribution < -0.4 is 0 Å². The summed E-state index contributed by atoms with van der Waals surface area (Å²) in [4.78, 5) is 10.5. The lowest BCUT2D eigenvalue weighted by atomic mass is 9.78. The molecule has 14 heavy (non-hydrogen) atoms. The lowest BCUT2D eigenvalue weighted by Gasteiger charge is -2.31. The van der Waals surface area contributed by atoms with E-state index in [0.29, 0.717) is 13.0 Å². The van der Waals surface area contributed by atoms with E-state index >= 15 is 0 Å². The summed E-state index contributed by atoms with van der Waals surface area (Å²) in [6.45, 7) is 2.73. The maximum absolute atomic E-state index is 10.5. The lowest BCUT2D eigenvalue weighted by molar-refractivity contribution is -0.151. The van der Waals surface area contributed by atoms with E-state index in [1.54, 1.807) is 7.11 Å². The first-order valence-corrected chi connectivity index (χ1v) is 5.01. The minimum absolute atomic E-state index is 0.0901. The number of hydrogen-bond donors (Lipinski definition) is 1. The molecule has 1 aliphatic heterocycles. The zero-order chi connectivity index (χ0) is 10.6. The van der Waals surface area contributed by atoms with Crippen LogP contribution >= 0.6 is 0 Å². The molecule has 82 valence electrons. The number of rotatable bonds is 5. The summed E-state index contributed by atoms with van der Waals surface area (Å²) in [5.74, 6) is -0.750. The Hall–Kier alpha value is -0.610. The van der Waals surface area contributed by atoms with Crippen LogP contribution in [0.4, 0.5) is 0 Å². The highest BCUT2D eigenvalue weighted by atomic mass is 16.7. The maximum Gasteiger partial charge on any atom is 0.303 e. The Morgan fingerprint density at radius 2 is 2.43 bits per heavy atom. The molecule has 0 aromatic rings. The van der Waals surface area contributed by atoms with Crippen LogP contribution in [-0.4, -0.2) is 31.1 Å². The highest BCUT2D eigenvalue weighted by Crippen LogP contribution is 2.42. The van der Waals surface area contributed by atoms with Gasteiger partial charge in [-0.3, -0.25) is 4.79 Å². The molecule has 0 aromatic carbocycles. The zero-order valence-corrected chi connectivity index (χ0v) is 8.78. The Labute approximate surface area is 84.2 Å². The van der Waals surface area contributed by atoms with E-state index in [4.69, 9.17) is 14.6 Å². The highest BCUT2D eigenvalue weighted by molar-refractivity contribution is 5.66. The standard InChI is InChI=1S/C10H18O4/c1-3-10(5-4-8(11)12)6-7-14-9(10)13-2/h9H,3-7H2,1-2H3,(H,11,12)/t9-,10-/m1/s1. The second kappa shape index (κ2) is 4.75. The van der Waals surface area contributed by atoms with E-state index in [9.17, 15) is 4.79 Å². The van der Waals surface area contributed by atoms with Gasteiger partial charge in [-0.05, 0) is 19.3 Å². The van der Waals surface area contributed by atoms with E-state index in [0.717, 1.165) is 12.8 Å². The average molecular weight is 202 g/mol. The second-order valence-corrected chi connectivity index (χ2v) is 3.80. The molecule has 1 fully saturated rings. The Kier molecular flexibility index (Phi) is 3.89. The fraction of sp³-hybridized carbons (Fsp3) is 0.900. The fourth-order valence-electron chi connectivity index (χ4n) is 2.10. The molecular formula is C10H18O4. The molecule has 1 N–H and O–H groups in total. The lowest BCUT2D eigenvalue weighted by Crippen LogP contribution is -2.32. The van der Waals surface area contributed by atoms with Crippen LogP contribution in [0.15, 0.2) is 0 Å². The molecule has 0 aromatic heterocycles. The number of aliphatic carboxylic acids is 1. The number of ether oxygens (including phenoxy) is 2. The molecule has 1 heterocycles. The molecule has 1 rings (SSSR count). The molecule has 0 radical (unpaired) electrons. The van der Waals surface area contributed by atoms with Crippen LogP contribution in [0.25, 0.3) is 0 Å². The Bertz CT molecular complexity index is 204. The summed E-state index contributed by atoms with van der Waals surface area (Å²) in [7, 11) is 1.61. The number of carboxylic acid groups (broad SMARTS) is 1. The van der Waals surface area contributed by atoms with Crippen molar-refractivity contribution >= 4 is 5.97 Å². The largest absolute Gasteiger partial charge is 0.481 e. The fourth-order valence-corrected chi connectivity index (χ4v) is 2.10. The van der Waals surface area contributed by atoms with E-state index < -0.39 is 5.97 Å². The number of hydrogen-bond acceptors (Lipinski definition) is 3. The van der Waals surface area contributed by atoms with Crippen molar-refractivity contribution in [2.45, 2.75) is 38.9 Å². The summed E-state index contributed by atoms with van der Waals surface area (Å²) in [6, 6.07) is 0. The van der Waals surface area contributed by atoms with E-state index in [2.05, 4.69) is 6.92 Å². The van der Waals surface area contributed by atoms with Gasteiger partial charge in [0.15, 0.2) is 6.29 Å². The quantitative estimate of drug-likeness (QED) is 0.736. The van der Waals surface area contributed by atoms with Gasteiger partial charge in [-0.15, -0.1) is 0 Å². The molecule has 0 unspecified atom stereocenters. The van der Waals surface area contributed by atoms with Gasteiger partial charge in [-0.2, -0.15) is 0 Å². The van der Waals surface area contributed by atoms with Gasteiger partial charge in [-0.25, -0.2) is 0 Å². The first kappa shape index (κ1) is 11.5.